The summed E-state index contributed by atoms with van der Waals surface area (Å²) in [4.78, 5) is 0. The van der Waals surface area contributed by atoms with Crippen LogP contribution in [-0.2, 0) is 6.54 Å². The number of methoxy groups -OCH3 is 1. The summed E-state index contributed by atoms with van der Waals surface area (Å²) in [7, 11) is 1.67. The molecule has 1 heterocycles. The largest absolute Gasteiger partial charge is 0.493 e. The number of thioether (sulfide) groups is 1. The minimum Gasteiger partial charge on any atom is -0.493 e. The molecule has 1 N–H and O–H groups in total. The van der Waals surface area contributed by atoms with Gasteiger partial charge in [-0.25, -0.2) is 0 Å². The first-order chi connectivity index (χ1) is 14.7. The third kappa shape index (κ3) is 5.96. The van der Waals surface area contributed by atoms with Gasteiger partial charge in [0.1, 0.15) is 0 Å². The fourth-order valence-corrected chi connectivity index (χ4v) is 4.13. The molecular formula is C21H26BrN5O2S. The van der Waals surface area contributed by atoms with Gasteiger partial charge in [-0.1, -0.05) is 52.8 Å². The Labute approximate surface area is 189 Å². The van der Waals surface area contributed by atoms with Crippen LogP contribution in [0.25, 0.3) is 5.69 Å². The zero-order valence-electron chi connectivity index (χ0n) is 17.2. The third-order valence-corrected chi connectivity index (χ3v) is 6.06. The van der Waals surface area contributed by atoms with E-state index in [1.165, 1.54) is 0 Å². The van der Waals surface area contributed by atoms with Crippen molar-refractivity contribution in [3.05, 3.63) is 52.5 Å². The fraction of sp³-hybridized carbons (Fsp3) is 0.381. The van der Waals surface area contributed by atoms with Gasteiger partial charge >= 0.3 is 0 Å². The van der Waals surface area contributed by atoms with E-state index in [0.717, 1.165) is 57.5 Å². The quantitative estimate of drug-likeness (QED) is 0.295. The highest BCUT2D eigenvalue weighted by molar-refractivity contribution is 9.10. The van der Waals surface area contributed by atoms with Crippen molar-refractivity contribution in [2.45, 2.75) is 31.5 Å². The molecule has 7 nitrogen and oxygen atoms in total. The molecule has 0 unspecified atom stereocenters. The van der Waals surface area contributed by atoms with E-state index in [9.17, 15) is 0 Å². The standard InChI is InChI=1S/C21H26BrN5O2S/c1-3-13-29-20-17(18(22)10-11-19(20)28-2)15-23-12-7-14-30-21-24-25-26-27(21)16-8-5-4-6-9-16/h4-6,8-11,23H,3,7,12-15H2,1-2H3. The Morgan fingerprint density at radius 2 is 2.00 bits per heavy atom. The highest BCUT2D eigenvalue weighted by Gasteiger charge is 2.14. The summed E-state index contributed by atoms with van der Waals surface area (Å²) in [6.07, 6.45) is 1.93. The van der Waals surface area contributed by atoms with Gasteiger partial charge in [-0.05, 0) is 54.1 Å². The van der Waals surface area contributed by atoms with Crippen molar-refractivity contribution < 1.29 is 9.47 Å². The van der Waals surface area contributed by atoms with Crippen LogP contribution in [0.4, 0.5) is 0 Å². The van der Waals surface area contributed by atoms with Crippen LogP contribution >= 0.6 is 27.7 Å². The Kier molecular flexibility index (Phi) is 8.98. The average Bonchev–Trinajstić information content (AvgIpc) is 3.25. The first-order valence-electron chi connectivity index (χ1n) is 9.90. The summed E-state index contributed by atoms with van der Waals surface area (Å²) < 4.78 is 14.2. The number of hydrogen-bond acceptors (Lipinski definition) is 7. The molecule has 0 fully saturated rings. The van der Waals surface area contributed by atoms with Gasteiger partial charge in [0, 0.05) is 22.3 Å². The molecule has 2 aromatic carbocycles. The highest BCUT2D eigenvalue weighted by Crippen LogP contribution is 2.36. The van der Waals surface area contributed by atoms with Crippen molar-refractivity contribution in [3.63, 3.8) is 0 Å². The Hall–Kier alpha value is -2.10. The lowest BCUT2D eigenvalue weighted by molar-refractivity contribution is 0.290. The van der Waals surface area contributed by atoms with Crippen LogP contribution < -0.4 is 14.8 Å². The van der Waals surface area contributed by atoms with Gasteiger partial charge in [-0.3, -0.25) is 0 Å². The van der Waals surface area contributed by atoms with Crippen LogP contribution in [0.3, 0.4) is 0 Å². The van der Waals surface area contributed by atoms with E-state index in [0.29, 0.717) is 13.2 Å². The van der Waals surface area contributed by atoms with Crippen molar-refractivity contribution in [2.24, 2.45) is 0 Å². The van der Waals surface area contributed by atoms with E-state index in [1.807, 2.05) is 42.5 Å². The maximum Gasteiger partial charge on any atom is 0.214 e. The second-order valence-corrected chi connectivity index (χ2v) is 8.41. The van der Waals surface area contributed by atoms with E-state index in [2.05, 4.69) is 43.7 Å². The summed E-state index contributed by atoms with van der Waals surface area (Å²) >= 11 is 5.29. The molecule has 0 aliphatic rings. The zero-order chi connectivity index (χ0) is 21.2. The molecule has 0 saturated heterocycles. The van der Waals surface area contributed by atoms with E-state index >= 15 is 0 Å². The smallest absolute Gasteiger partial charge is 0.214 e. The molecule has 0 bridgehead atoms. The minimum absolute atomic E-state index is 0.659. The molecule has 1 aromatic heterocycles. The molecule has 3 aromatic rings. The van der Waals surface area contributed by atoms with Crippen LogP contribution in [0.1, 0.15) is 25.3 Å². The van der Waals surface area contributed by atoms with E-state index < -0.39 is 0 Å². The Morgan fingerprint density at radius 1 is 1.17 bits per heavy atom. The molecule has 0 atom stereocenters. The fourth-order valence-electron chi connectivity index (χ4n) is 2.84. The van der Waals surface area contributed by atoms with Gasteiger partial charge in [0.15, 0.2) is 11.5 Å². The van der Waals surface area contributed by atoms with Crippen LogP contribution in [0, 0.1) is 0 Å². The second-order valence-electron chi connectivity index (χ2n) is 6.49. The van der Waals surface area contributed by atoms with Gasteiger partial charge in [0.25, 0.3) is 0 Å². The van der Waals surface area contributed by atoms with Gasteiger partial charge in [0.2, 0.25) is 5.16 Å². The van der Waals surface area contributed by atoms with Gasteiger partial charge in [0.05, 0.1) is 19.4 Å². The zero-order valence-corrected chi connectivity index (χ0v) is 19.6. The maximum absolute atomic E-state index is 5.95. The maximum atomic E-state index is 5.95. The van der Waals surface area contributed by atoms with E-state index in [-0.39, 0.29) is 0 Å². The van der Waals surface area contributed by atoms with E-state index in [4.69, 9.17) is 9.47 Å². The van der Waals surface area contributed by atoms with Crippen LogP contribution in [-0.4, -0.2) is 46.2 Å². The number of halogens is 1. The number of tetrazole rings is 1. The normalized spacial score (nSPS) is 10.9. The number of rotatable bonds is 12. The monoisotopic (exact) mass is 491 g/mol. The van der Waals surface area contributed by atoms with Crippen molar-refractivity contribution in [2.75, 3.05) is 26.0 Å². The number of nitrogens with zero attached hydrogens (tertiary/aromatic N) is 4. The van der Waals surface area contributed by atoms with Gasteiger partial charge in [-0.15, -0.1) is 5.10 Å². The lowest BCUT2D eigenvalue weighted by Crippen LogP contribution is -2.17. The average molecular weight is 492 g/mol. The molecule has 0 saturated carbocycles. The summed E-state index contributed by atoms with van der Waals surface area (Å²) in [5, 5.41) is 16.3. The minimum atomic E-state index is 0.659. The topological polar surface area (TPSA) is 74.1 Å². The molecule has 0 aliphatic heterocycles. The first-order valence-corrected chi connectivity index (χ1v) is 11.7. The number of benzene rings is 2. The Bertz CT molecular complexity index is 923. The number of para-hydroxylation sites is 1. The number of aromatic nitrogens is 4. The van der Waals surface area contributed by atoms with Crippen LogP contribution in [0.5, 0.6) is 11.5 Å². The summed E-state index contributed by atoms with van der Waals surface area (Å²) in [6.45, 7) is 4.32. The lowest BCUT2D eigenvalue weighted by atomic mass is 10.1. The number of ether oxygens (including phenoxy) is 2. The van der Waals surface area contributed by atoms with Crippen molar-refractivity contribution in [1.29, 1.82) is 0 Å². The second kappa shape index (κ2) is 11.9. The van der Waals surface area contributed by atoms with Crippen molar-refractivity contribution in [1.82, 2.24) is 25.5 Å². The summed E-state index contributed by atoms with van der Waals surface area (Å²) in [5.41, 5.74) is 2.04. The summed E-state index contributed by atoms with van der Waals surface area (Å²) in [6, 6.07) is 13.8. The van der Waals surface area contributed by atoms with Gasteiger partial charge < -0.3 is 14.8 Å². The molecule has 0 spiro atoms. The molecular weight excluding hydrogens is 466 g/mol. The highest BCUT2D eigenvalue weighted by atomic mass is 79.9. The molecule has 0 radical (unpaired) electrons. The molecule has 3 rings (SSSR count). The van der Waals surface area contributed by atoms with Gasteiger partial charge in [-0.2, -0.15) is 4.68 Å². The molecule has 0 aliphatic carbocycles. The Balaban J connectivity index is 1.49. The first kappa shape index (κ1) is 22.6. The van der Waals surface area contributed by atoms with Crippen LogP contribution in [0.2, 0.25) is 0 Å². The number of hydrogen-bond donors (Lipinski definition) is 1. The van der Waals surface area contributed by atoms with E-state index in [1.54, 1.807) is 23.6 Å². The SMILES string of the molecule is CCCOc1c(OC)ccc(Br)c1CNCCCSc1nnnn1-c1ccccc1. The molecule has 160 valence electrons. The van der Waals surface area contributed by atoms with Crippen molar-refractivity contribution in [3.8, 4) is 17.2 Å². The number of nitrogens with one attached hydrogen (secondary N) is 1. The predicted molar refractivity (Wildman–Crippen MR) is 123 cm³/mol. The van der Waals surface area contributed by atoms with Crippen molar-refractivity contribution >= 4 is 27.7 Å². The lowest BCUT2D eigenvalue weighted by Gasteiger charge is -2.17. The van der Waals surface area contributed by atoms with Crippen LogP contribution in [0.15, 0.2) is 52.1 Å². The Morgan fingerprint density at radius 3 is 2.77 bits per heavy atom. The molecule has 30 heavy (non-hydrogen) atoms. The third-order valence-electron chi connectivity index (χ3n) is 4.31. The molecule has 9 heteroatoms. The predicted octanol–water partition coefficient (Wildman–Crippen LogP) is 4.49. The summed E-state index contributed by atoms with van der Waals surface area (Å²) in [5.74, 6) is 2.47. The molecule has 0 amide bonds.